The van der Waals surface area contributed by atoms with E-state index in [0.717, 1.165) is 23.2 Å². The quantitative estimate of drug-likeness (QED) is 0.872. The zero-order valence-corrected chi connectivity index (χ0v) is 10.4. The van der Waals surface area contributed by atoms with E-state index < -0.39 is 10.0 Å². The molecule has 2 N–H and O–H groups in total. The largest absolute Gasteiger partial charge is 0.348 e. The highest BCUT2D eigenvalue weighted by molar-refractivity contribution is 7.92. The number of H-pyrrole nitrogens is 1. The van der Waals surface area contributed by atoms with Crippen molar-refractivity contribution in [3.8, 4) is 11.3 Å². The molecule has 1 aromatic carbocycles. The number of aromatic nitrogens is 2. The first-order valence-corrected chi connectivity index (χ1v) is 6.93. The third-order valence-electron chi connectivity index (χ3n) is 2.27. The molecule has 0 aliphatic carbocycles. The van der Waals surface area contributed by atoms with Gasteiger partial charge >= 0.3 is 0 Å². The van der Waals surface area contributed by atoms with Gasteiger partial charge in [0.25, 0.3) is 0 Å². The second-order valence-corrected chi connectivity index (χ2v) is 5.58. The third-order valence-corrected chi connectivity index (χ3v) is 2.88. The number of aryl methyl sites for hydroxylation is 1. The second kappa shape index (κ2) is 4.21. The lowest BCUT2D eigenvalue weighted by Gasteiger charge is -2.05. The van der Waals surface area contributed by atoms with Crippen LogP contribution in [0.4, 0.5) is 5.69 Å². The first kappa shape index (κ1) is 11.7. The Morgan fingerprint density at radius 1 is 1.35 bits per heavy atom. The van der Waals surface area contributed by atoms with Gasteiger partial charge in [-0.1, -0.05) is 12.1 Å². The second-order valence-electron chi connectivity index (χ2n) is 3.83. The molecule has 1 aromatic heterocycles. The van der Waals surface area contributed by atoms with Crippen molar-refractivity contribution in [3.05, 3.63) is 36.3 Å². The topological polar surface area (TPSA) is 74.8 Å². The molecule has 0 spiro atoms. The maximum absolute atomic E-state index is 11.1. The van der Waals surface area contributed by atoms with Crippen molar-refractivity contribution < 1.29 is 8.42 Å². The minimum Gasteiger partial charge on any atom is -0.348 e. The molecule has 17 heavy (non-hydrogen) atoms. The van der Waals surface area contributed by atoms with Gasteiger partial charge in [0.05, 0.1) is 18.3 Å². The van der Waals surface area contributed by atoms with Gasteiger partial charge < -0.3 is 4.98 Å². The first-order valence-electron chi connectivity index (χ1n) is 5.04. The maximum Gasteiger partial charge on any atom is 0.229 e. The number of sulfonamides is 1. The van der Waals surface area contributed by atoms with Crippen molar-refractivity contribution in [2.45, 2.75) is 6.92 Å². The fraction of sp³-hybridized carbons (Fsp3) is 0.182. The molecule has 0 aliphatic rings. The summed E-state index contributed by atoms with van der Waals surface area (Å²) in [5.74, 6) is 0. The standard InChI is InChI=1S/C11H13N3O2S/c1-8-11(13-7-12-8)9-4-3-5-10(6-9)14-17(2,15)16/h3-7,14H,1-2H3,(H,12,13). The summed E-state index contributed by atoms with van der Waals surface area (Å²) in [6.07, 6.45) is 2.74. The van der Waals surface area contributed by atoms with E-state index in [4.69, 9.17) is 0 Å². The average Bonchev–Trinajstić information content (AvgIpc) is 2.62. The van der Waals surface area contributed by atoms with Gasteiger partial charge in [0, 0.05) is 16.9 Å². The molecule has 0 aliphatic heterocycles. The van der Waals surface area contributed by atoms with Crippen LogP contribution in [-0.4, -0.2) is 24.6 Å². The number of hydrogen-bond acceptors (Lipinski definition) is 3. The lowest BCUT2D eigenvalue weighted by atomic mass is 10.1. The molecule has 0 saturated carbocycles. The number of aromatic amines is 1. The van der Waals surface area contributed by atoms with Gasteiger partial charge in [-0.2, -0.15) is 0 Å². The maximum atomic E-state index is 11.1. The molecule has 2 rings (SSSR count). The number of anilines is 1. The molecule has 0 fully saturated rings. The lowest BCUT2D eigenvalue weighted by Crippen LogP contribution is -2.09. The molecule has 0 atom stereocenters. The van der Waals surface area contributed by atoms with E-state index >= 15 is 0 Å². The summed E-state index contributed by atoms with van der Waals surface area (Å²) in [6.45, 7) is 1.92. The first-order chi connectivity index (χ1) is 7.96. The number of benzene rings is 1. The summed E-state index contributed by atoms with van der Waals surface area (Å²) in [5, 5.41) is 0. The van der Waals surface area contributed by atoms with Gasteiger partial charge in [0.1, 0.15) is 0 Å². The van der Waals surface area contributed by atoms with Crippen LogP contribution in [0.2, 0.25) is 0 Å². The number of nitrogens with one attached hydrogen (secondary N) is 2. The number of imidazole rings is 1. The molecule has 0 bridgehead atoms. The minimum atomic E-state index is -3.25. The Morgan fingerprint density at radius 2 is 2.12 bits per heavy atom. The molecule has 0 amide bonds. The highest BCUT2D eigenvalue weighted by atomic mass is 32.2. The Morgan fingerprint density at radius 3 is 2.71 bits per heavy atom. The normalized spacial score (nSPS) is 11.4. The van der Waals surface area contributed by atoms with E-state index in [2.05, 4.69) is 14.7 Å². The molecule has 0 unspecified atom stereocenters. The van der Waals surface area contributed by atoms with Gasteiger partial charge in [-0.3, -0.25) is 4.72 Å². The average molecular weight is 251 g/mol. The van der Waals surface area contributed by atoms with Gasteiger partial charge in [-0.25, -0.2) is 13.4 Å². The SMILES string of the molecule is Cc1[nH]cnc1-c1cccc(NS(C)(=O)=O)c1. The van der Waals surface area contributed by atoms with Crippen molar-refractivity contribution in [1.82, 2.24) is 9.97 Å². The molecule has 2 aromatic rings. The summed E-state index contributed by atoms with van der Waals surface area (Å²) in [4.78, 5) is 7.18. The lowest BCUT2D eigenvalue weighted by molar-refractivity contribution is 0.607. The molecule has 1 heterocycles. The zero-order valence-electron chi connectivity index (χ0n) is 9.56. The molecule has 90 valence electrons. The Labute approximate surface area is 100.0 Å². The molecule has 0 radical (unpaired) electrons. The zero-order chi connectivity index (χ0) is 12.5. The van der Waals surface area contributed by atoms with Gasteiger partial charge in [0.15, 0.2) is 0 Å². The van der Waals surface area contributed by atoms with Crippen molar-refractivity contribution in [2.75, 3.05) is 11.0 Å². The summed E-state index contributed by atoms with van der Waals surface area (Å²) in [6, 6.07) is 7.13. The monoisotopic (exact) mass is 251 g/mol. The van der Waals surface area contributed by atoms with Crippen LogP contribution in [-0.2, 0) is 10.0 Å². The van der Waals surface area contributed by atoms with Crippen LogP contribution < -0.4 is 4.72 Å². The Balaban J connectivity index is 2.39. The van der Waals surface area contributed by atoms with Gasteiger partial charge in [-0.05, 0) is 19.1 Å². The van der Waals surface area contributed by atoms with Crippen LogP contribution in [0.1, 0.15) is 5.69 Å². The summed E-state index contributed by atoms with van der Waals surface area (Å²) in [7, 11) is -3.25. The fourth-order valence-electron chi connectivity index (χ4n) is 1.59. The van der Waals surface area contributed by atoms with Crippen LogP contribution in [0.3, 0.4) is 0 Å². The van der Waals surface area contributed by atoms with Gasteiger partial charge in [0.2, 0.25) is 10.0 Å². The summed E-state index contributed by atoms with van der Waals surface area (Å²) in [5.41, 5.74) is 3.17. The van der Waals surface area contributed by atoms with E-state index in [1.807, 2.05) is 13.0 Å². The van der Waals surface area contributed by atoms with E-state index in [1.165, 1.54) is 0 Å². The van der Waals surface area contributed by atoms with Crippen LogP contribution >= 0.6 is 0 Å². The van der Waals surface area contributed by atoms with Crippen LogP contribution in [0.5, 0.6) is 0 Å². The Bertz CT molecular complexity index is 632. The smallest absolute Gasteiger partial charge is 0.229 e. The summed E-state index contributed by atoms with van der Waals surface area (Å²) >= 11 is 0. The predicted molar refractivity (Wildman–Crippen MR) is 67.2 cm³/mol. The molecule has 0 saturated heterocycles. The van der Waals surface area contributed by atoms with Crippen LogP contribution in [0.25, 0.3) is 11.3 Å². The van der Waals surface area contributed by atoms with E-state index in [-0.39, 0.29) is 0 Å². The van der Waals surface area contributed by atoms with E-state index in [9.17, 15) is 8.42 Å². The predicted octanol–water partition coefficient (Wildman–Crippen LogP) is 1.76. The Kier molecular flexibility index (Phi) is 2.89. The van der Waals surface area contributed by atoms with Crippen LogP contribution in [0, 0.1) is 6.92 Å². The number of hydrogen-bond donors (Lipinski definition) is 2. The molecular weight excluding hydrogens is 238 g/mol. The number of nitrogens with zero attached hydrogens (tertiary/aromatic N) is 1. The van der Waals surface area contributed by atoms with E-state index in [1.54, 1.807) is 24.5 Å². The fourth-order valence-corrected chi connectivity index (χ4v) is 2.15. The van der Waals surface area contributed by atoms with Crippen molar-refractivity contribution in [3.63, 3.8) is 0 Å². The summed E-state index contributed by atoms with van der Waals surface area (Å²) < 4.78 is 24.7. The molecule has 5 nitrogen and oxygen atoms in total. The van der Waals surface area contributed by atoms with Crippen molar-refractivity contribution >= 4 is 15.7 Å². The Hall–Kier alpha value is -1.82. The molecule has 6 heteroatoms. The molecular formula is C11H13N3O2S. The highest BCUT2D eigenvalue weighted by Crippen LogP contribution is 2.23. The highest BCUT2D eigenvalue weighted by Gasteiger charge is 2.07. The number of rotatable bonds is 3. The van der Waals surface area contributed by atoms with Crippen molar-refractivity contribution in [2.24, 2.45) is 0 Å². The third kappa shape index (κ3) is 2.85. The van der Waals surface area contributed by atoms with Crippen molar-refractivity contribution in [1.29, 1.82) is 0 Å². The van der Waals surface area contributed by atoms with Crippen LogP contribution in [0.15, 0.2) is 30.6 Å². The minimum absolute atomic E-state index is 0.535. The van der Waals surface area contributed by atoms with Gasteiger partial charge in [-0.15, -0.1) is 0 Å². The van der Waals surface area contributed by atoms with E-state index in [0.29, 0.717) is 5.69 Å².